The Kier molecular flexibility index (Phi) is 8.46. The number of carbonyl (C=O) groups is 3. The third-order valence-corrected chi connectivity index (χ3v) is 6.08. The van der Waals surface area contributed by atoms with Crippen LogP contribution in [0.4, 0.5) is 4.79 Å². The third-order valence-electron chi connectivity index (χ3n) is 6.08. The summed E-state index contributed by atoms with van der Waals surface area (Å²) in [5.74, 6) is -1.00. The zero-order chi connectivity index (χ0) is 23.8. The molecule has 7 nitrogen and oxygen atoms in total. The molecule has 0 saturated carbocycles. The summed E-state index contributed by atoms with van der Waals surface area (Å²) in [5.41, 5.74) is 4.70. The minimum absolute atomic E-state index is 0.0154. The average Bonchev–Trinajstić information content (AvgIpc) is 3.13. The molecular weight excluding hydrogens is 420 g/mol. The van der Waals surface area contributed by atoms with Crippen molar-refractivity contribution in [1.82, 2.24) is 10.6 Å². The Balaban J connectivity index is 1.41. The highest BCUT2D eigenvalue weighted by molar-refractivity contribution is 5.79. The van der Waals surface area contributed by atoms with Crippen LogP contribution < -0.4 is 10.6 Å². The van der Waals surface area contributed by atoms with E-state index in [1.54, 1.807) is 0 Å². The molecule has 176 valence electrons. The van der Waals surface area contributed by atoms with Crippen LogP contribution in [0.15, 0.2) is 48.5 Å². The van der Waals surface area contributed by atoms with Gasteiger partial charge in [0.15, 0.2) is 0 Å². The summed E-state index contributed by atoms with van der Waals surface area (Å²) in [7, 11) is 0. The van der Waals surface area contributed by atoms with Gasteiger partial charge in [0.05, 0.1) is 6.42 Å². The molecule has 0 spiro atoms. The van der Waals surface area contributed by atoms with E-state index in [2.05, 4.69) is 34.9 Å². The second-order valence-electron chi connectivity index (χ2n) is 8.62. The number of alkyl carbamates (subject to hydrolysis) is 1. The summed E-state index contributed by atoms with van der Waals surface area (Å²) in [6, 6.07) is 16.0. The normalized spacial score (nSPS) is 14.0. The molecular formula is C26H32N2O5. The number of carboxylic acid groups (broad SMARTS) is 1. The molecule has 0 bridgehead atoms. The lowest BCUT2D eigenvalue weighted by Crippen LogP contribution is -2.36. The number of aliphatic carboxylic acids is 1. The van der Waals surface area contributed by atoms with Crippen LogP contribution in [0.5, 0.6) is 0 Å². The van der Waals surface area contributed by atoms with Crippen LogP contribution in [-0.2, 0) is 14.3 Å². The van der Waals surface area contributed by atoms with Crippen LogP contribution in [0, 0.1) is 5.92 Å². The Morgan fingerprint density at radius 1 is 1.03 bits per heavy atom. The lowest BCUT2D eigenvalue weighted by Gasteiger charge is -2.17. The van der Waals surface area contributed by atoms with Gasteiger partial charge < -0.3 is 20.5 Å². The number of rotatable bonds is 11. The molecule has 0 radical (unpaired) electrons. The molecule has 3 N–H and O–H groups in total. The van der Waals surface area contributed by atoms with E-state index in [1.807, 2.05) is 38.1 Å². The van der Waals surface area contributed by atoms with Gasteiger partial charge in [0.1, 0.15) is 6.61 Å². The van der Waals surface area contributed by atoms with Gasteiger partial charge in [-0.25, -0.2) is 4.79 Å². The highest BCUT2D eigenvalue weighted by Gasteiger charge is 2.29. The fourth-order valence-corrected chi connectivity index (χ4v) is 4.19. The third kappa shape index (κ3) is 6.57. The van der Waals surface area contributed by atoms with Crippen molar-refractivity contribution < 1.29 is 24.2 Å². The Morgan fingerprint density at radius 2 is 1.64 bits per heavy atom. The predicted octanol–water partition coefficient (Wildman–Crippen LogP) is 4.31. The molecule has 33 heavy (non-hydrogen) atoms. The number of nitrogens with one attached hydrogen (secondary N) is 2. The lowest BCUT2D eigenvalue weighted by atomic mass is 9.98. The number of ether oxygens (including phenoxy) is 1. The molecule has 3 rings (SSSR count). The van der Waals surface area contributed by atoms with E-state index in [0.29, 0.717) is 19.4 Å². The molecule has 2 aromatic carbocycles. The quantitative estimate of drug-likeness (QED) is 0.471. The Hall–Kier alpha value is -3.35. The molecule has 1 aliphatic rings. The first-order chi connectivity index (χ1) is 15.9. The topological polar surface area (TPSA) is 105 Å². The van der Waals surface area contributed by atoms with Gasteiger partial charge in [-0.05, 0) is 41.0 Å². The minimum Gasteiger partial charge on any atom is -0.481 e. The van der Waals surface area contributed by atoms with Crippen molar-refractivity contribution in [2.45, 2.75) is 51.5 Å². The Bertz CT molecular complexity index is 945. The van der Waals surface area contributed by atoms with Crippen LogP contribution in [0.1, 0.15) is 56.6 Å². The van der Waals surface area contributed by atoms with E-state index < -0.39 is 12.1 Å². The van der Waals surface area contributed by atoms with Gasteiger partial charge in [0.2, 0.25) is 5.91 Å². The monoisotopic (exact) mass is 452 g/mol. The first-order valence-corrected chi connectivity index (χ1v) is 11.5. The summed E-state index contributed by atoms with van der Waals surface area (Å²) in [4.78, 5) is 35.2. The van der Waals surface area contributed by atoms with Gasteiger partial charge in [0.25, 0.3) is 0 Å². The van der Waals surface area contributed by atoms with Crippen LogP contribution >= 0.6 is 0 Å². The summed E-state index contributed by atoms with van der Waals surface area (Å²) < 4.78 is 5.53. The van der Waals surface area contributed by atoms with E-state index in [4.69, 9.17) is 9.84 Å². The van der Waals surface area contributed by atoms with E-state index in [-0.39, 0.29) is 43.2 Å². The van der Waals surface area contributed by atoms with Crippen molar-refractivity contribution in [3.63, 3.8) is 0 Å². The maximum absolute atomic E-state index is 12.3. The minimum atomic E-state index is -0.928. The summed E-state index contributed by atoms with van der Waals surface area (Å²) in [6.07, 6.45) is 0.876. The largest absolute Gasteiger partial charge is 0.481 e. The highest BCUT2D eigenvalue weighted by Crippen LogP contribution is 2.44. The fourth-order valence-electron chi connectivity index (χ4n) is 4.19. The Labute approximate surface area is 194 Å². The van der Waals surface area contributed by atoms with E-state index in [0.717, 1.165) is 0 Å². The summed E-state index contributed by atoms with van der Waals surface area (Å²) in [5, 5.41) is 14.4. The van der Waals surface area contributed by atoms with Crippen molar-refractivity contribution in [2.75, 3.05) is 13.2 Å². The number of carboxylic acids is 1. The fraction of sp³-hybridized carbons (Fsp3) is 0.423. The van der Waals surface area contributed by atoms with Crippen molar-refractivity contribution in [3.8, 4) is 11.1 Å². The first kappa shape index (κ1) is 24.3. The number of fused-ring (bicyclic) bond motifs is 3. The van der Waals surface area contributed by atoms with E-state index in [1.165, 1.54) is 22.3 Å². The van der Waals surface area contributed by atoms with Gasteiger partial charge >= 0.3 is 12.1 Å². The van der Waals surface area contributed by atoms with Gasteiger partial charge in [-0.3, -0.25) is 9.59 Å². The molecule has 0 saturated heterocycles. The van der Waals surface area contributed by atoms with Gasteiger partial charge in [-0.2, -0.15) is 0 Å². The zero-order valence-corrected chi connectivity index (χ0v) is 19.2. The number of hydrogen-bond donors (Lipinski definition) is 3. The molecule has 0 aromatic heterocycles. The molecule has 2 aromatic rings. The maximum Gasteiger partial charge on any atom is 0.407 e. The van der Waals surface area contributed by atoms with Gasteiger partial charge in [0, 0.05) is 24.9 Å². The van der Waals surface area contributed by atoms with Crippen molar-refractivity contribution in [1.29, 1.82) is 0 Å². The second kappa shape index (κ2) is 11.5. The molecule has 1 unspecified atom stereocenters. The molecule has 2 amide bonds. The van der Waals surface area contributed by atoms with Crippen LogP contribution in [0.2, 0.25) is 0 Å². The molecule has 2 atom stereocenters. The SMILES string of the molecule is CC[C@H](CC(=O)O)NC(=O)CCC(C)CNC(=O)OCC1c2ccccc2-c2ccccc21. The van der Waals surface area contributed by atoms with Crippen LogP contribution in [-0.4, -0.2) is 42.3 Å². The van der Waals surface area contributed by atoms with Crippen LogP contribution in [0.3, 0.4) is 0 Å². The molecule has 1 aliphatic carbocycles. The highest BCUT2D eigenvalue weighted by atomic mass is 16.5. The lowest BCUT2D eigenvalue weighted by molar-refractivity contribution is -0.137. The summed E-state index contributed by atoms with van der Waals surface area (Å²) >= 11 is 0. The number of amides is 2. The standard InChI is InChI=1S/C26H32N2O5/c1-3-18(14-25(30)31)28-24(29)13-12-17(2)15-27-26(32)33-16-23-21-10-6-4-8-19(21)20-9-5-7-11-22(20)23/h4-11,17-18,23H,3,12-16H2,1-2H3,(H,27,32)(H,28,29)(H,30,31)/t17?,18-/m1/s1. The molecule has 0 fully saturated rings. The average molecular weight is 453 g/mol. The smallest absolute Gasteiger partial charge is 0.407 e. The van der Waals surface area contributed by atoms with Crippen LogP contribution in [0.25, 0.3) is 11.1 Å². The van der Waals surface area contributed by atoms with Gasteiger partial charge in [-0.15, -0.1) is 0 Å². The molecule has 0 heterocycles. The first-order valence-electron chi connectivity index (χ1n) is 11.5. The number of hydrogen-bond acceptors (Lipinski definition) is 4. The van der Waals surface area contributed by atoms with Gasteiger partial charge in [-0.1, -0.05) is 62.4 Å². The van der Waals surface area contributed by atoms with Crippen molar-refractivity contribution in [2.24, 2.45) is 5.92 Å². The maximum atomic E-state index is 12.3. The summed E-state index contributed by atoms with van der Waals surface area (Å²) in [6.45, 7) is 4.45. The molecule has 7 heteroatoms. The Morgan fingerprint density at radius 3 is 2.21 bits per heavy atom. The predicted molar refractivity (Wildman–Crippen MR) is 126 cm³/mol. The zero-order valence-electron chi connectivity index (χ0n) is 19.2. The second-order valence-corrected chi connectivity index (χ2v) is 8.62. The van der Waals surface area contributed by atoms with E-state index >= 15 is 0 Å². The number of benzene rings is 2. The van der Waals surface area contributed by atoms with Crippen molar-refractivity contribution in [3.05, 3.63) is 59.7 Å². The van der Waals surface area contributed by atoms with Crippen molar-refractivity contribution >= 4 is 18.0 Å². The molecule has 0 aliphatic heterocycles. The van der Waals surface area contributed by atoms with E-state index in [9.17, 15) is 14.4 Å². The number of carbonyl (C=O) groups excluding carboxylic acids is 2.